The van der Waals surface area contributed by atoms with E-state index in [1.54, 1.807) is 14.2 Å². The standard InChI is InChI=1S/C16H27N3O3/c1-4-22-10-6-5-9-18-16(17)19-12-13-7-8-14(20-2)15(11-13)21-3/h7-8,11H,4-6,9-10,12H2,1-3H3,(H3,17,18,19). The van der Waals surface area contributed by atoms with Crippen molar-refractivity contribution in [3.63, 3.8) is 0 Å². The zero-order valence-corrected chi connectivity index (χ0v) is 13.7. The lowest BCUT2D eigenvalue weighted by Crippen LogP contribution is -2.32. The van der Waals surface area contributed by atoms with Crippen LogP contribution in [0.5, 0.6) is 11.5 Å². The Bertz CT molecular complexity index is 464. The highest BCUT2D eigenvalue weighted by molar-refractivity contribution is 5.77. The molecule has 0 aromatic heterocycles. The summed E-state index contributed by atoms with van der Waals surface area (Å²) in [6.45, 7) is 4.85. The van der Waals surface area contributed by atoms with Crippen molar-refractivity contribution in [1.29, 1.82) is 0 Å². The van der Waals surface area contributed by atoms with Gasteiger partial charge in [-0.15, -0.1) is 0 Å². The van der Waals surface area contributed by atoms with Crippen molar-refractivity contribution in [2.45, 2.75) is 26.3 Å². The number of benzene rings is 1. The number of guanidine groups is 1. The molecule has 3 N–H and O–H groups in total. The van der Waals surface area contributed by atoms with Crippen LogP contribution in [0.25, 0.3) is 0 Å². The summed E-state index contributed by atoms with van der Waals surface area (Å²) in [6.07, 6.45) is 2.02. The molecule has 1 aromatic carbocycles. The van der Waals surface area contributed by atoms with Gasteiger partial charge in [-0.25, -0.2) is 4.99 Å². The average molecular weight is 309 g/mol. The normalized spacial score (nSPS) is 11.3. The van der Waals surface area contributed by atoms with Crippen molar-refractivity contribution >= 4 is 5.96 Å². The lowest BCUT2D eigenvalue weighted by atomic mass is 10.2. The number of nitrogens with one attached hydrogen (secondary N) is 1. The first-order valence-electron chi connectivity index (χ1n) is 7.53. The predicted molar refractivity (Wildman–Crippen MR) is 88.6 cm³/mol. The van der Waals surface area contributed by atoms with E-state index in [1.807, 2.05) is 25.1 Å². The van der Waals surface area contributed by atoms with E-state index in [2.05, 4.69) is 10.3 Å². The van der Waals surface area contributed by atoms with Crippen molar-refractivity contribution in [2.24, 2.45) is 10.7 Å². The third-order valence-corrected chi connectivity index (χ3v) is 3.11. The van der Waals surface area contributed by atoms with Gasteiger partial charge >= 0.3 is 0 Å². The van der Waals surface area contributed by atoms with Gasteiger partial charge in [0, 0.05) is 19.8 Å². The SMILES string of the molecule is CCOCCCCNC(N)=NCc1ccc(OC)c(OC)c1. The number of nitrogens with zero attached hydrogens (tertiary/aromatic N) is 1. The van der Waals surface area contributed by atoms with E-state index >= 15 is 0 Å². The van der Waals surface area contributed by atoms with Crippen LogP contribution in [0.15, 0.2) is 23.2 Å². The number of aliphatic imine (C=N–C) groups is 1. The minimum atomic E-state index is 0.450. The molecule has 0 aliphatic heterocycles. The molecule has 0 unspecified atom stereocenters. The fourth-order valence-electron chi connectivity index (χ4n) is 1.90. The second kappa shape index (κ2) is 10.7. The molecule has 0 aliphatic carbocycles. The molecule has 1 rings (SSSR count). The Kier molecular flexibility index (Phi) is 8.83. The molecule has 0 saturated carbocycles. The number of nitrogens with two attached hydrogens (primary N) is 1. The smallest absolute Gasteiger partial charge is 0.188 e. The van der Waals surface area contributed by atoms with E-state index in [4.69, 9.17) is 19.9 Å². The van der Waals surface area contributed by atoms with Gasteiger partial charge in [0.05, 0.1) is 20.8 Å². The molecule has 6 nitrogen and oxygen atoms in total. The van der Waals surface area contributed by atoms with Crippen LogP contribution in [0, 0.1) is 0 Å². The highest BCUT2D eigenvalue weighted by Crippen LogP contribution is 2.27. The van der Waals surface area contributed by atoms with Gasteiger partial charge in [-0.05, 0) is 37.5 Å². The maximum atomic E-state index is 5.84. The molecule has 1 aromatic rings. The molecule has 0 radical (unpaired) electrons. The predicted octanol–water partition coefficient (Wildman–Crippen LogP) is 1.92. The summed E-state index contributed by atoms with van der Waals surface area (Å²) in [5.41, 5.74) is 6.85. The highest BCUT2D eigenvalue weighted by Gasteiger charge is 2.04. The summed E-state index contributed by atoms with van der Waals surface area (Å²) < 4.78 is 15.7. The molecule has 124 valence electrons. The molecule has 0 amide bonds. The van der Waals surface area contributed by atoms with E-state index in [9.17, 15) is 0 Å². The Morgan fingerprint density at radius 2 is 1.95 bits per heavy atom. The molecule has 22 heavy (non-hydrogen) atoms. The quantitative estimate of drug-likeness (QED) is 0.392. The van der Waals surface area contributed by atoms with Crippen LogP contribution in [-0.2, 0) is 11.3 Å². The molecular weight excluding hydrogens is 282 g/mol. The van der Waals surface area contributed by atoms with Crippen LogP contribution < -0.4 is 20.5 Å². The first-order valence-corrected chi connectivity index (χ1v) is 7.53. The van der Waals surface area contributed by atoms with Crippen LogP contribution in [0.3, 0.4) is 0 Å². The molecule has 0 aliphatic rings. The fraction of sp³-hybridized carbons (Fsp3) is 0.562. The van der Waals surface area contributed by atoms with Gasteiger partial charge in [0.15, 0.2) is 17.5 Å². The maximum absolute atomic E-state index is 5.84. The van der Waals surface area contributed by atoms with Crippen LogP contribution >= 0.6 is 0 Å². The van der Waals surface area contributed by atoms with Crippen molar-refractivity contribution < 1.29 is 14.2 Å². The third-order valence-electron chi connectivity index (χ3n) is 3.11. The Morgan fingerprint density at radius 1 is 1.18 bits per heavy atom. The highest BCUT2D eigenvalue weighted by atomic mass is 16.5. The summed E-state index contributed by atoms with van der Waals surface area (Å²) in [5, 5.41) is 3.10. The summed E-state index contributed by atoms with van der Waals surface area (Å²) in [5.74, 6) is 1.85. The van der Waals surface area contributed by atoms with Crippen LogP contribution in [0.1, 0.15) is 25.3 Å². The van der Waals surface area contributed by atoms with Gasteiger partial charge in [-0.3, -0.25) is 0 Å². The number of hydrogen-bond donors (Lipinski definition) is 2. The van der Waals surface area contributed by atoms with Crippen LogP contribution in [0.4, 0.5) is 0 Å². The maximum Gasteiger partial charge on any atom is 0.188 e. The average Bonchev–Trinajstić information content (AvgIpc) is 2.55. The van der Waals surface area contributed by atoms with Crippen molar-refractivity contribution in [3.8, 4) is 11.5 Å². The molecule has 6 heteroatoms. The van der Waals surface area contributed by atoms with E-state index in [-0.39, 0.29) is 0 Å². The number of unbranched alkanes of at least 4 members (excludes halogenated alkanes) is 1. The monoisotopic (exact) mass is 309 g/mol. The number of methoxy groups -OCH3 is 2. The third kappa shape index (κ3) is 6.67. The second-order valence-corrected chi connectivity index (χ2v) is 4.72. The lowest BCUT2D eigenvalue weighted by Gasteiger charge is -2.09. The number of rotatable bonds is 10. The summed E-state index contributed by atoms with van der Waals surface area (Å²) in [6, 6.07) is 5.71. The molecule has 0 atom stereocenters. The fourth-order valence-corrected chi connectivity index (χ4v) is 1.90. The van der Waals surface area contributed by atoms with Crippen LogP contribution in [-0.4, -0.2) is 39.9 Å². The largest absolute Gasteiger partial charge is 0.493 e. The second-order valence-electron chi connectivity index (χ2n) is 4.72. The van der Waals surface area contributed by atoms with E-state index in [0.717, 1.165) is 38.2 Å². The minimum absolute atomic E-state index is 0.450. The van der Waals surface area contributed by atoms with Gasteiger partial charge in [0.2, 0.25) is 0 Å². The Morgan fingerprint density at radius 3 is 2.64 bits per heavy atom. The van der Waals surface area contributed by atoms with Crippen molar-refractivity contribution in [2.75, 3.05) is 34.0 Å². The van der Waals surface area contributed by atoms with Gasteiger partial charge in [0.25, 0.3) is 0 Å². The van der Waals surface area contributed by atoms with Crippen LogP contribution in [0.2, 0.25) is 0 Å². The van der Waals surface area contributed by atoms with Gasteiger partial charge < -0.3 is 25.3 Å². The van der Waals surface area contributed by atoms with Gasteiger partial charge in [0.1, 0.15) is 0 Å². The van der Waals surface area contributed by atoms with E-state index in [0.29, 0.717) is 24.0 Å². The zero-order valence-electron chi connectivity index (χ0n) is 13.7. The number of hydrogen-bond acceptors (Lipinski definition) is 4. The lowest BCUT2D eigenvalue weighted by molar-refractivity contribution is 0.143. The molecule has 0 spiro atoms. The summed E-state index contributed by atoms with van der Waals surface area (Å²) in [7, 11) is 3.23. The Labute approximate surface area is 132 Å². The molecular formula is C16H27N3O3. The molecule has 0 heterocycles. The number of ether oxygens (including phenoxy) is 3. The molecule has 0 saturated heterocycles. The van der Waals surface area contributed by atoms with E-state index in [1.165, 1.54) is 0 Å². The molecule has 0 fully saturated rings. The Balaban J connectivity index is 2.37. The van der Waals surface area contributed by atoms with Gasteiger partial charge in [-0.1, -0.05) is 6.07 Å². The first-order chi connectivity index (χ1) is 10.7. The van der Waals surface area contributed by atoms with E-state index < -0.39 is 0 Å². The van der Waals surface area contributed by atoms with Crippen molar-refractivity contribution in [3.05, 3.63) is 23.8 Å². The Hall–Kier alpha value is -1.95. The summed E-state index contributed by atoms with van der Waals surface area (Å²) >= 11 is 0. The first kappa shape index (κ1) is 18.1. The van der Waals surface area contributed by atoms with Gasteiger partial charge in [-0.2, -0.15) is 0 Å². The minimum Gasteiger partial charge on any atom is -0.493 e. The van der Waals surface area contributed by atoms with Crippen molar-refractivity contribution in [1.82, 2.24) is 5.32 Å². The topological polar surface area (TPSA) is 78.1 Å². The molecule has 0 bridgehead atoms. The summed E-state index contributed by atoms with van der Waals surface area (Å²) in [4.78, 5) is 4.31. The zero-order chi connectivity index (χ0) is 16.2.